The predicted octanol–water partition coefficient (Wildman–Crippen LogP) is 5.66. The molecular formula is C20H19N3OS3. The predicted molar refractivity (Wildman–Crippen MR) is 118 cm³/mol. The van der Waals surface area contributed by atoms with E-state index in [-0.39, 0.29) is 5.91 Å². The van der Waals surface area contributed by atoms with Crippen molar-refractivity contribution in [2.45, 2.75) is 11.0 Å². The highest BCUT2D eigenvalue weighted by molar-refractivity contribution is 8.16. The van der Waals surface area contributed by atoms with E-state index < -0.39 is 0 Å². The Labute approximate surface area is 171 Å². The summed E-state index contributed by atoms with van der Waals surface area (Å²) in [5.74, 6) is 2.31. The topological polar surface area (TPSA) is 49.8 Å². The van der Waals surface area contributed by atoms with Crippen LogP contribution in [0.2, 0.25) is 0 Å². The molecule has 138 valence electrons. The molecule has 1 aliphatic rings. The standard InChI is InChI=1S/C20H19N3OS3/c24-18(14-5-7-15(8-6-14)19-26-11-2-12-27-19)22-16-3-1-4-17(13-16)23-10-9-21-20(23)25/h1,3-10,13,19H,2,11-12H2,(H,21,25)(H,22,24). The minimum absolute atomic E-state index is 0.111. The average molecular weight is 414 g/mol. The van der Waals surface area contributed by atoms with Crippen molar-refractivity contribution in [1.82, 2.24) is 9.55 Å². The van der Waals surface area contributed by atoms with Crippen molar-refractivity contribution in [3.8, 4) is 5.69 Å². The molecular weight excluding hydrogens is 394 g/mol. The Morgan fingerprint density at radius 1 is 1.15 bits per heavy atom. The van der Waals surface area contributed by atoms with Crippen molar-refractivity contribution in [3.05, 3.63) is 76.8 Å². The van der Waals surface area contributed by atoms with Crippen molar-refractivity contribution in [1.29, 1.82) is 0 Å². The van der Waals surface area contributed by atoms with E-state index in [4.69, 9.17) is 12.2 Å². The molecule has 2 aromatic carbocycles. The van der Waals surface area contributed by atoms with E-state index in [1.165, 1.54) is 23.5 Å². The Morgan fingerprint density at radius 3 is 2.63 bits per heavy atom. The number of imidazole rings is 1. The molecule has 4 nitrogen and oxygen atoms in total. The van der Waals surface area contributed by atoms with Crippen molar-refractivity contribution in [3.63, 3.8) is 0 Å². The van der Waals surface area contributed by atoms with Gasteiger partial charge in [0, 0.05) is 29.3 Å². The van der Waals surface area contributed by atoms with Gasteiger partial charge in [-0.3, -0.25) is 9.36 Å². The fourth-order valence-corrected chi connectivity index (χ4v) is 6.06. The van der Waals surface area contributed by atoms with Crippen LogP contribution in [0.15, 0.2) is 60.9 Å². The van der Waals surface area contributed by atoms with Crippen LogP contribution in [-0.2, 0) is 0 Å². The Balaban J connectivity index is 1.47. The van der Waals surface area contributed by atoms with E-state index in [2.05, 4.69) is 22.4 Å². The zero-order valence-corrected chi connectivity index (χ0v) is 17.0. The van der Waals surface area contributed by atoms with Gasteiger partial charge < -0.3 is 10.3 Å². The van der Waals surface area contributed by atoms with Crippen molar-refractivity contribution in [2.75, 3.05) is 16.8 Å². The number of carbonyl (C=O) groups is 1. The molecule has 4 rings (SSSR count). The molecule has 1 aromatic heterocycles. The number of benzene rings is 2. The van der Waals surface area contributed by atoms with Crippen LogP contribution in [0.4, 0.5) is 5.69 Å². The van der Waals surface area contributed by atoms with Crippen LogP contribution >= 0.6 is 35.7 Å². The number of nitrogens with zero attached hydrogens (tertiary/aromatic N) is 1. The molecule has 0 atom stereocenters. The van der Waals surface area contributed by atoms with Gasteiger partial charge in [-0.2, -0.15) is 0 Å². The number of aromatic nitrogens is 2. The first kappa shape index (κ1) is 18.4. The summed E-state index contributed by atoms with van der Waals surface area (Å²) in [6.07, 6.45) is 4.93. The summed E-state index contributed by atoms with van der Waals surface area (Å²) < 4.78 is 2.96. The van der Waals surface area contributed by atoms with Gasteiger partial charge in [0.2, 0.25) is 0 Å². The Morgan fingerprint density at radius 2 is 1.93 bits per heavy atom. The van der Waals surface area contributed by atoms with Gasteiger partial charge >= 0.3 is 0 Å². The first-order chi connectivity index (χ1) is 13.2. The molecule has 7 heteroatoms. The second-order valence-corrected chi connectivity index (χ2v) is 9.30. The van der Waals surface area contributed by atoms with Gasteiger partial charge in [0.25, 0.3) is 5.91 Å². The summed E-state index contributed by atoms with van der Waals surface area (Å²) >= 11 is 9.22. The van der Waals surface area contributed by atoms with E-state index in [1.54, 1.807) is 6.20 Å². The molecule has 0 spiro atoms. The van der Waals surface area contributed by atoms with Gasteiger partial charge in [-0.05, 0) is 66.0 Å². The molecule has 2 heterocycles. The number of nitrogens with one attached hydrogen (secondary N) is 2. The van der Waals surface area contributed by atoms with Crippen molar-refractivity contribution >= 4 is 47.3 Å². The maximum atomic E-state index is 12.6. The van der Waals surface area contributed by atoms with E-state index in [9.17, 15) is 4.79 Å². The van der Waals surface area contributed by atoms with Gasteiger partial charge in [0.05, 0.1) is 4.58 Å². The first-order valence-electron chi connectivity index (χ1n) is 8.72. The van der Waals surface area contributed by atoms with Crippen LogP contribution in [0.5, 0.6) is 0 Å². The molecule has 0 bridgehead atoms. The average Bonchev–Trinajstić information content (AvgIpc) is 3.15. The van der Waals surface area contributed by atoms with Crippen LogP contribution in [0, 0.1) is 4.77 Å². The highest BCUT2D eigenvalue weighted by Crippen LogP contribution is 2.43. The molecule has 2 N–H and O–H groups in total. The zero-order chi connectivity index (χ0) is 18.6. The van der Waals surface area contributed by atoms with E-state index >= 15 is 0 Å². The highest BCUT2D eigenvalue weighted by Gasteiger charge is 2.17. The Hall–Kier alpha value is -1.96. The molecule has 0 aliphatic carbocycles. The van der Waals surface area contributed by atoms with E-state index in [0.29, 0.717) is 14.9 Å². The minimum atomic E-state index is -0.111. The molecule has 1 amide bonds. The third-order valence-corrected chi connectivity index (χ3v) is 7.63. The first-order valence-corrected chi connectivity index (χ1v) is 11.2. The summed E-state index contributed by atoms with van der Waals surface area (Å²) in [5, 5.41) is 2.97. The summed E-state index contributed by atoms with van der Waals surface area (Å²) in [4.78, 5) is 15.6. The Bertz CT molecular complexity index is 988. The molecule has 0 unspecified atom stereocenters. The number of carbonyl (C=O) groups excluding carboxylic acids is 1. The SMILES string of the molecule is O=C(Nc1cccc(-n2cc[nH]c2=S)c1)c1ccc(C2SCCCS2)cc1. The second-order valence-electron chi connectivity index (χ2n) is 6.19. The number of rotatable bonds is 4. The van der Waals surface area contributed by atoms with Crippen LogP contribution in [-0.4, -0.2) is 27.0 Å². The molecule has 0 radical (unpaired) electrons. The third kappa shape index (κ3) is 4.31. The van der Waals surface area contributed by atoms with Crippen molar-refractivity contribution in [2.24, 2.45) is 0 Å². The summed E-state index contributed by atoms with van der Waals surface area (Å²) in [7, 11) is 0. The normalized spacial score (nSPS) is 14.8. The number of thioether (sulfide) groups is 2. The highest BCUT2D eigenvalue weighted by atomic mass is 32.2. The number of aromatic amines is 1. The van der Waals surface area contributed by atoms with Gasteiger partial charge in [-0.15, -0.1) is 23.5 Å². The van der Waals surface area contributed by atoms with Crippen LogP contribution in [0.3, 0.4) is 0 Å². The van der Waals surface area contributed by atoms with Gasteiger partial charge in [-0.1, -0.05) is 18.2 Å². The summed E-state index contributed by atoms with van der Waals surface area (Å²) in [5.41, 5.74) is 3.59. The zero-order valence-electron chi connectivity index (χ0n) is 14.6. The summed E-state index contributed by atoms with van der Waals surface area (Å²) in [6, 6.07) is 15.6. The van der Waals surface area contributed by atoms with Gasteiger partial charge in [0.1, 0.15) is 0 Å². The number of anilines is 1. The molecule has 1 saturated heterocycles. The Kier molecular flexibility index (Phi) is 5.71. The molecule has 27 heavy (non-hydrogen) atoms. The molecule has 1 aliphatic heterocycles. The van der Waals surface area contributed by atoms with Gasteiger partial charge in [0.15, 0.2) is 4.77 Å². The quantitative estimate of drug-likeness (QED) is 0.542. The maximum Gasteiger partial charge on any atom is 0.255 e. The monoisotopic (exact) mass is 413 g/mol. The third-order valence-electron chi connectivity index (χ3n) is 4.30. The molecule has 3 aromatic rings. The largest absolute Gasteiger partial charge is 0.337 e. The van der Waals surface area contributed by atoms with Crippen molar-refractivity contribution < 1.29 is 4.79 Å². The second kappa shape index (κ2) is 8.37. The van der Waals surface area contributed by atoms with E-state index in [1.807, 2.05) is 70.7 Å². The van der Waals surface area contributed by atoms with Crippen LogP contribution in [0.1, 0.15) is 26.9 Å². The fourth-order valence-electron chi connectivity index (χ4n) is 2.93. The summed E-state index contributed by atoms with van der Waals surface area (Å²) in [6.45, 7) is 0. The number of hydrogen-bond acceptors (Lipinski definition) is 4. The van der Waals surface area contributed by atoms with Gasteiger partial charge in [-0.25, -0.2) is 0 Å². The lowest BCUT2D eigenvalue weighted by Crippen LogP contribution is -2.12. The lowest BCUT2D eigenvalue weighted by Gasteiger charge is -2.21. The fraction of sp³-hybridized carbons (Fsp3) is 0.200. The van der Waals surface area contributed by atoms with Crippen LogP contribution < -0.4 is 5.32 Å². The van der Waals surface area contributed by atoms with E-state index in [0.717, 1.165) is 11.4 Å². The van der Waals surface area contributed by atoms with Crippen LogP contribution in [0.25, 0.3) is 5.69 Å². The lowest BCUT2D eigenvalue weighted by atomic mass is 10.1. The number of amides is 1. The number of hydrogen-bond donors (Lipinski definition) is 2. The number of H-pyrrole nitrogens is 1. The minimum Gasteiger partial charge on any atom is -0.337 e. The lowest BCUT2D eigenvalue weighted by molar-refractivity contribution is 0.102. The molecule has 1 fully saturated rings. The molecule has 0 saturated carbocycles. The smallest absolute Gasteiger partial charge is 0.255 e. The maximum absolute atomic E-state index is 12.6.